The Balaban J connectivity index is 1.97. The molecule has 2 saturated heterocycles. The number of anilines is 1. The van der Waals surface area contributed by atoms with Gasteiger partial charge in [0.1, 0.15) is 21.8 Å². The van der Waals surface area contributed by atoms with Crippen molar-refractivity contribution in [3.63, 3.8) is 0 Å². The van der Waals surface area contributed by atoms with Crippen LogP contribution in [0.4, 0.5) is 5.82 Å². The average molecular weight is 506 g/mol. The predicted octanol–water partition coefficient (Wildman–Crippen LogP) is 1.31. The normalized spacial score (nSPS) is 18.3. The second-order valence-corrected chi connectivity index (χ2v) is 9.83. The highest BCUT2D eigenvalue weighted by Crippen LogP contribution is 2.35. The Bertz CT molecular complexity index is 1070. The van der Waals surface area contributed by atoms with Gasteiger partial charge in [-0.3, -0.25) is 24.0 Å². The van der Waals surface area contributed by atoms with Gasteiger partial charge in [0.05, 0.1) is 11.5 Å². The van der Waals surface area contributed by atoms with Crippen molar-refractivity contribution < 1.29 is 14.6 Å². The van der Waals surface area contributed by atoms with Crippen molar-refractivity contribution in [2.24, 2.45) is 7.05 Å². The van der Waals surface area contributed by atoms with Crippen LogP contribution in [-0.2, 0) is 16.6 Å². The lowest BCUT2D eigenvalue weighted by Crippen LogP contribution is -2.49. The third-order valence-electron chi connectivity index (χ3n) is 6.08. The van der Waals surface area contributed by atoms with E-state index in [9.17, 15) is 20.0 Å². The molecule has 184 valence electrons. The second-order valence-electron chi connectivity index (χ2n) is 8.15. The average Bonchev–Trinajstić information content (AvgIpc) is 3.09. The zero-order chi connectivity index (χ0) is 24.8. The number of nitrogens with zero attached hydrogens (tertiary/aromatic N) is 5. The molecule has 2 aliphatic heterocycles. The van der Waals surface area contributed by atoms with Gasteiger partial charge in [0.15, 0.2) is 0 Å². The maximum atomic E-state index is 13.1. The van der Waals surface area contributed by atoms with Gasteiger partial charge in [0, 0.05) is 65.1 Å². The minimum Gasteiger partial charge on any atom is -0.395 e. The van der Waals surface area contributed by atoms with Gasteiger partial charge in [-0.15, -0.1) is 0 Å². The summed E-state index contributed by atoms with van der Waals surface area (Å²) in [4.78, 5) is 32.4. The smallest absolute Gasteiger partial charge is 0.270 e. The highest BCUT2D eigenvalue weighted by atomic mass is 32.2. The highest BCUT2D eigenvalue weighted by molar-refractivity contribution is 8.26. The molecule has 9 nitrogen and oxygen atoms in total. The number of hydrogen-bond donors (Lipinski definition) is 1. The van der Waals surface area contributed by atoms with Crippen molar-refractivity contribution in [3.05, 3.63) is 31.9 Å². The van der Waals surface area contributed by atoms with E-state index >= 15 is 0 Å². The summed E-state index contributed by atoms with van der Waals surface area (Å²) in [5.41, 5.74) is 0.959. The van der Waals surface area contributed by atoms with Crippen LogP contribution in [0.1, 0.15) is 30.0 Å². The number of aromatic nitrogens is 1. The van der Waals surface area contributed by atoms with Crippen LogP contribution in [0.5, 0.6) is 0 Å². The SMILES string of the molecule is CCOCCCN1C(=O)C(=Cc2c(C)c(C#N)c(=O)n(C)c2N2CCN(CCO)CC2)SC1=S. The van der Waals surface area contributed by atoms with E-state index in [0.29, 0.717) is 72.0 Å². The molecule has 0 aliphatic carbocycles. The molecular formula is C23H31N5O4S2. The molecule has 34 heavy (non-hydrogen) atoms. The Morgan fingerprint density at radius 2 is 1.94 bits per heavy atom. The van der Waals surface area contributed by atoms with E-state index in [1.807, 2.05) is 13.0 Å². The van der Waals surface area contributed by atoms with Crippen LogP contribution in [0.3, 0.4) is 0 Å². The van der Waals surface area contributed by atoms with Crippen LogP contribution in [0.25, 0.3) is 6.08 Å². The number of carbonyl (C=O) groups excluding carboxylic acids is 1. The van der Waals surface area contributed by atoms with E-state index < -0.39 is 0 Å². The lowest BCUT2D eigenvalue weighted by atomic mass is 10.0. The molecule has 0 bridgehead atoms. The van der Waals surface area contributed by atoms with E-state index in [1.165, 1.54) is 16.3 Å². The van der Waals surface area contributed by atoms with Crippen LogP contribution < -0.4 is 10.5 Å². The lowest BCUT2D eigenvalue weighted by Gasteiger charge is -2.37. The monoisotopic (exact) mass is 505 g/mol. The summed E-state index contributed by atoms with van der Waals surface area (Å²) in [7, 11) is 1.66. The molecule has 3 rings (SSSR count). The summed E-state index contributed by atoms with van der Waals surface area (Å²) in [5, 5.41) is 18.9. The first-order valence-corrected chi connectivity index (χ1v) is 12.6. The number of ether oxygens (including phenoxy) is 1. The fourth-order valence-electron chi connectivity index (χ4n) is 4.21. The molecule has 0 radical (unpaired) electrons. The molecule has 11 heteroatoms. The minimum atomic E-state index is -0.353. The zero-order valence-electron chi connectivity index (χ0n) is 19.9. The lowest BCUT2D eigenvalue weighted by molar-refractivity contribution is -0.122. The molecule has 0 spiro atoms. The Kier molecular flexibility index (Phi) is 9.27. The molecule has 0 atom stereocenters. The van der Waals surface area contributed by atoms with E-state index in [2.05, 4.69) is 9.80 Å². The molecule has 2 aliphatic rings. The van der Waals surface area contributed by atoms with Crippen molar-refractivity contribution >= 4 is 46.1 Å². The summed E-state index contributed by atoms with van der Waals surface area (Å²) in [6.45, 7) is 8.88. The maximum absolute atomic E-state index is 13.1. The first-order chi connectivity index (χ1) is 16.3. The van der Waals surface area contributed by atoms with Crippen molar-refractivity contribution in [1.82, 2.24) is 14.4 Å². The molecule has 1 aromatic rings. The summed E-state index contributed by atoms with van der Waals surface area (Å²) in [6.07, 6.45) is 2.46. The summed E-state index contributed by atoms with van der Waals surface area (Å²) < 4.78 is 7.37. The summed E-state index contributed by atoms with van der Waals surface area (Å²) in [5.74, 6) is 0.517. The minimum absolute atomic E-state index is 0.0728. The second kappa shape index (κ2) is 12.0. The van der Waals surface area contributed by atoms with Crippen LogP contribution in [0.15, 0.2) is 9.70 Å². The Hall–Kier alpha value is -2.23. The topological polar surface area (TPSA) is 102 Å². The van der Waals surface area contributed by atoms with Crippen molar-refractivity contribution in [3.8, 4) is 6.07 Å². The number of hydrogen-bond acceptors (Lipinski definition) is 9. The van der Waals surface area contributed by atoms with Crippen LogP contribution in [-0.4, -0.2) is 88.8 Å². The molecule has 1 N–H and O–H groups in total. The van der Waals surface area contributed by atoms with E-state index in [0.717, 1.165) is 13.1 Å². The fourth-order valence-corrected chi connectivity index (χ4v) is 5.50. The summed E-state index contributed by atoms with van der Waals surface area (Å²) in [6, 6.07) is 2.03. The standard InChI is InChI=1S/C23H31N5O4S2/c1-4-32-13-5-6-28-22(31)19(34-23(28)33)14-17-16(2)18(15-24)21(30)25(3)20(17)27-9-7-26(8-10-27)11-12-29/h14,29H,4-13H2,1-3H3. The van der Waals surface area contributed by atoms with Crippen LogP contribution >= 0.6 is 24.0 Å². The third-order valence-corrected chi connectivity index (χ3v) is 7.46. The first-order valence-electron chi connectivity index (χ1n) is 11.4. The van der Waals surface area contributed by atoms with Gasteiger partial charge in [0.25, 0.3) is 11.5 Å². The van der Waals surface area contributed by atoms with E-state index in [1.54, 1.807) is 24.9 Å². The first kappa shape index (κ1) is 26.4. The number of thiocarbonyl (C=S) groups is 1. The quantitative estimate of drug-likeness (QED) is 0.302. The molecule has 2 fully saturated rings. The molecule has 0 saturated carbocycles. The molecular weight excluding hydrogens is 474 g/mol. The number of amides is 1. The molecule has 0 aromatic carbocycles. The van der Waals surface area contributed by atoms with Crippen molar-refractivity contribution in [1.29, 1.82) is 5.26 Å². The van der Waals surface area contributed by atoms with Gasteiger partial charge in [-0.25, -0.2) is 0 Å². The number of rotatable bonds is 9. The van der Waals surface area contributed by atoms with Crippen LogP contribution in [0.2, 0.25) is 0 Å². The Morgan fingerprint density at radius 1 is 1.24 bits per heavy atom. The largest absolute Gasteiger partial charge is 0.395 e. The molecule has 0 unspecified atom stereocenters. The van der Waals surface area contributed by atoms with E-state index in [-0.39, 0.29) is 23.6 Å². The van der Waals surface area contributed by atoms with Gasteiger partial charge in [0.2, 0.25) is 0 Å². The van der Waals surface area contributed by atoms with E-state index in [4.69, 9.17) is 17.0 Å². The van der Waals surface area contributed by atoms with Gasteiger partial charge in [-0.1, -0.05) is 24.0 Å². The van der Waals surface area contributed by atoms with Crippen molar-refractivity contribution in [2.75, 3.05) is 64.0 Å². The van der Waals surface area contributed by atoms with Gasteiger partial charge in [-0.05, 0) is 31.9 Å². The number of pyridine rings is 1. The highest BCUT2D eigenvalue weighted by Gasteiger charge is 2.33. The van der Waals surface area contributed by atoms with Crippen LogP contribution in [0, 0.1) is 18.3 Å². The number of thioether (sulfide) groups is 1. The predicted molar refractivity (Wildman–Crippen MR) is 138 cm³/mol. The van der Waals surface area contributed by atoms with Gasteiger partial charge < -0.3 is 14.7 Å². The van der Waals surface area contributed by atoms with Crippen molar-refractivity contribution in [2.45, 2.75) is 20.3 Å². The number of nitriles is 1. The molecule has 1 aromatic heterocycles. The Morgan fingerprint density at radius 3 is 2.56 bits per heavy atom. The zero-order valence-corrected chi connectivity index (χ0v) is 21.5. The van der Waals surface area contributed by atoms with Gasteiger partial charge in [-0.2, -0.15) is 5.26 Å². The Labute approximate surface area is 209 Å². The third kappa shape index (κ3) is 5.53. The molecule has 1 amide bonds. The maximum Gasteiger partial charge on any atom is 0.270 e. The number of aliphatic hydroxyl groups is 1. The number of carbonyl (C=O) groups is 1. The fraction of sp³-hybridized carbons (Fsp3) is 0.565. The number of piperazine rings is 1. The number of β-amino-alcohol motifs (C(OH)–C–C–N with tert-alkyl or cyclic N) is 1. The summed E-state index contributed by atoms with van der Waals surface area (Å²) >= 11 is 6.69. The molecule has 3 heterocycles. The van der Waals surface area contributed by atoms with Gasteiger partial charge >= 0.3 is 0 Å². The number of aliphatic hydroxyl groups excluding tert-OH is 1.